The minimum absolute atomic E-state index is 0.191. The number of aromatic nitrogens is 4. The molecule has 4 N–H and O–H groups in total. The number of H-pyrrole nitrogens is 2. The van der Waals surface area contributed by atoms with Crippen molar-refractivity contribution in [1.82, 2.24) is 40.4 Å². The zero-order valence-electron chi connectivity index (χ0n) is 35.4. The van der Waals surface area contributed by atoms with Gasteiger partial charge in [0.05, 0.1) is 38.2 Å². The lowest BCUT2D eigenvalue weighted by atomic mass is 9.85. The highest BCUT2D eigenvalue weighted by Crippen LogP contribution is 2.40. The Morgan fingerprint density at radius 1 is 0.850 bits per heavy atom. The van der Waals surface area contributed by atoms with Crippen LogP contribution in [0.1, 0.15) is 84.5 Å². The first-order valence-corrected chi connectivity index (χ1v) is 21.5. The molecule has 6 rings (SSSR count). The Morgan fingerprint density at radius 3 is 2.00 bits per heavy atom. The molecule has 4 heterocycles. The molecule has 2 saturated heterocycles. The second kappa shape index (κ2) is 17.9. The van der Waals surface area contributed by atoms with Crippen LogP contribution in [0.15, 0.2) is 48.7 Å². The lowest BCUT2D eigenvalue weighted by Crippen LogP contribution is -2.54. The topological polar surface area (TPSA) is 175 Å². The fourth-order valence-electron chi connectivity index (χ4n) is 7.87. The molecule has 0 saturated carbocycles. The van der Waals surface area contributed by atoms with E-state index in [-0.39, 0.29) is 28.3 Å². The van der Waals surface area contributed by atoms with Gasteiger partial charge in [-0.05, 0) is 53.5 Å². The van der Waals surface area contributed by atoms with Gasteiger partial charge in [-0.15, -0.1) is 0 Å². The highest BCUT2D eigenvalue weighted by molar-refractivity contribution is 7.99. The number of imidazole rings is 2. The number of nitrogens with zero attached hydrogens (tertiary/aromatic N) is 4. The van der Waals surface area contributed by atoms with Crippen LogP contribution in [0.3, 0.4) is 0 Å². The molecule has 4 aromatic rings. The van der Waals surface area contributed by atoms with Crippen LogP contribution in [0.25, 0.3) is 33.6 Å². The summed E-state index contributed by atoms with van der Waals surface area (Å²) in [4.78, 5) is 71.6. The average molecular weight is 865 g/mol. The third-order valence-corrected chi connectivity index (χ3v) is 12.5. The van der Waals surface area contributed by atoms with E-state index >= 15 is 4.39 Å². The lowest BCUT2D eigenvalue weighted by Gasteiger charge is -2.35. The summed E-state index contributed by atoms with van der Waals surface area (Å²) in [5.74, 6) is 0.205. The number of likely N-dealkylation sites (tertiary alicyclic amines) is 2. The van der Waals surface area contributed by atoms with Crippen LogP contribution < -0.4 is 10.6 Å². The SMILES string of the molecule is COC(=O)N[C@H](C(=O)N1C[C@@H](SC)C[C@H]1c1ncc(-c2ccc(-c3ccc(-c4nc([C@@H]5CCCN5C(=O)[C@@H](NC(=O)OC)C(C)(C)C)[nH]c4Cl)cc3F)cc2)[nH]1)C(C)(C)C. The molecule has 4 amide bonds. The van der Waals surface area contributed by atoms with E-state index in [1.165, 1.54) is 20.3 Å². The lowest BCUT2D eigenvalue weighted by molar-refractivity contribution is -0.137. The van der Waals surface area contributed by atoms with Crippen molar-refractivity contribution < 1.29 is 33.0 Å². The van der Waals surface area contributed by atoms with Gasteiger partial charge < -0.3 is 39.9 Å². The van der Waals surface area contributed by atoms with Crippen molar-refractivity contribution in [3.8, 4) is 33.6 Å². The normalized spacial score (nSPS) is 19.2. The summed E-state index contributed by atoms with van der Waals surface area (Å²) in [5, 5.41) is 5.83. The molecule has 0 bridgehead atoms. The molecule has 14 nitrogen and oxygen atoms in total. The Kier molecular flexibility index (Phi) is 13.2. The molecule has 0 unspecified atom stereocenters. The maximum Gasteiger partial charge on any atom is 0.407 e. The van der Waals surface area contributed by atoms with Crippen molar-refractivity contribution in [2.24, 2.45) is 10.8 Å². The first-order chi connectivity index (χ1) is 28.3. The van der Waals surface area contributed by atoms with Crippen LogP contribution in [-0.4, -0.2) is 105 Å². The average Bonchev–Trinajstić information content (AvgIpc) is 4.04. The molecular formula is C43H54ClFN8O6S. The number of alkyl carbamates (subject to hydrolysis) is 2. The fraction of sp³-hybridized carbons (Fsp3) is 0.488. The number of carbonyl (C=O) groups is 4. The van der Waals surface area contributed by atoms with E-state index < -0.39 is 47.0 Å². The number of halogens is 2. The van der Waals surface area contributed by atoms with E-state index in [0.717, 1.165) is 17.7 Å². The van der Waals surface area contributed by atoms with Gasteiger partial charge in [-0.2, -0.15) is 11.8 Å². The Labute approximate surface area is 359 Å². The Morgan fingerprint density at radius 2 is 1.43 bits per heavy atom. The van der Waals surface area contributed by atoms with Crippen LogP contribution in [0.2, 0.25) is 5.15 Å². The number of rotatable bonds is 10. The summed E-state index contributed by atoms with van der Waals surface area (Å²) in [7, 11) is 2.53. The fourth-order valence-corrected chi connectivity index (χ4v) is 8.80. The number of benzene rings is 2. The molecule has 0 aliphatic carbocycles. The van der Waals surface area contributed by atoms with E-state index in [9.17, 15) is 19.2 Å². The number of hydrogen-bond donors (Lipinski definition) is 4. The summed E-state index contributed by atoms with van der Waals surface area (Å²) in [6, 6.07) is 9.90. The predicted octanol–water partition coefficient (Wildman–Crippen LogP) is 8.14. The summed E-state index contributed by atoms with van der Waals surface area (Å²) in [6.45, 7) is 12.3. The number of methoxy groups -OCH3 is 2. The first kappa shape index (κ1) is 44.5. The minimum Gasteiger partial charge on any atom is -0.453 e. The van der Waals surface area contributed by atoms with Gasteiger partial charge in [-0.3, -0.25) is 9.59 Å². The molecule has 60 heavy (non-hydrogen) atoms. The number of amides is 4. The van der Waals surface area contributed by atoms with Gasteiger partial charge in [0.1, 0.15) is 40.4 Å². The molecular weight excluding hydrogens is 811 g/mol. The standard InChI is InChI=1S/C43H54ClFN8O6S/c1-42(2,3)33(49-40(56)58-7)38(54)52-18-10-11-30(52)37-48-32(35(44)51-37)25-16-17-27(28(45)19-25)23-12-14-24(15-13-23)29-21-46-36(47-29)31-20-26(60-9)22-53(31)39(55)34(43(4,5)6)50-41(57)59-8/h12-17,19,21,26,30-31,33-34H,10-11,18,20,22H2,1-9H3,(H,46,47)(H,48,51)(H,49,56)(H,50,57)/t26-,30-,31-,33+,34+/m0/s1. The molecule has 0 spiro atoms. The molecule has 2 aliphatic heterocycles. The molecule has 2 fully saturated rings. The van der Waals surface area contributed by atoms with E-state index in [1.54, 1.807) is 39.9 Å². The third kappa shape index (κ3) is 9.44. The highest BCUT2D eigenvalue weighted by Gasteiger charge is 2.44. The van der Waals surface area contributed by atoms with Gasteiger partial charge in [0.15, 0.2) is 0 Å². The molecule has 2 aromatic heterocycles. The molecule has 322 valence electrons. The van der Waals surface area contributed by atoms with Gasteiger partial charge in [0.25, 0.3) is 0 Å². The second-order valence-electron chi connectivity index (χ2n) is 17.4. The number of nitrogens with one attached hydrogen (secondary N) is 4. The predicted molar refractivity (Wildman–Crippen MR) is 230 cm³/mol. The summed E-state index contributed by atoms with van der Waals surface area (Å²) in [6.07, 6.45) is 4.46. The van der Waals surface area contributed by atoms with Crippen LogP contribution >= 0.6 is 23.4 Å². The van der Waals surface area contributed by atoms with Crippen LogP contribution in [0.5, 0.6) is 0 Å². The number of aromatic amines is 2. The first-order valence-electron chi connectivity index (χ1n) is 19.9. The number of carbonyl (C=O) groups excluding carboxylic acids is 4. The molecule has 2 aliphatic rings. The number of ether oxygens (including phenoxy) is 2. The van der Waals surface area contributed by atoms with Crippen molar-refractivity contribution in [2.45, 2.75) is 90.2 Å². The van der Waals surface area contributed by atoms with Crippen molar-refractivity contribution in [3.63, 3.8) is 0 Å². The van der Waals surface area contributed by atoms with Crippen molar-refractivity contribution in [2.75, 3.05) is 33.6 Å². The van der Waals surface area contributed by atoms with Gasteiger partial charge in [-0.1, -0.05) is 89.5 Å². The third-order valence-electron chi connectivity index (χ3n) is 11.2. The van der Waals surface area contributed by atoms with Crippen LogP contribution in [0.4, 0.5) is 14.0 Å². The van der Waals surface area contributed by atoms with Gasteiger partial charge in [-0.25, -0.2) is 23.9 Å². The Hall–Kier alpha value is -5.09. The van der Waals surface area contributed by atoms with E-state index in [1.807, 2.05) is 72.1 Å². The van der Waals surface area contributed by atoms with E-state index in [2.05, 4.69) is 20.6 Å². The highest BCUT2D eigenvalue weighted by atomic mass is 35.5. The Balaban J connectivity index is 1.18. The van der Waals surface area contributed by atoms with E-state index in [4.69, 9.17) is 31.0 Å². The maximum absolute atomic E-state index is 15.9. The quantitative estimate of drug-likeness (QED) is 0.123. The summed E-state index contributed by atoms with van der Waals surface area (Å²) < 4.78 is 25.5. The van der Waals surface area contributed by atoms with Crippen LogP contribution in [-0.2, 0) is 19.1 Å². The zero-order valence-corrected chi connectivity index (χ0v) is 37.0. The molecule has 2 aromatic carbocycles. The molecule has 17 heteroatoms. The number of thioether (sulfide) groups is 1. The van der Waals surface area contributed by atoms with Crippen molar-refractivity contribution in [3.05, 3.63) is 71.3 Å². The minimum atomic E-state index is -0.832. The van der Waals surface area contributed by atoms with Crippen molar-refractivity contribution in [1.29, 1.82) is 0 Å². The maximum atomic E-state index is 15.9. The molecule has 0 radical (unpaired) electrons. The smallest absolute Gasteiger partial charge is 0.407 e. The summed E-state index contributed by atoms with van der Waals surface area (Å²) >= 11 is 8.35. The summed E-state index contributed by atoms with van der Waals surface area (Å²) in [5.41, 5.74) is 2.30. The van der Waals surface area contributed by atoms with Crippen molar-refractivity contribution >= 4 is 47.4 Å². The molecule has 5 atom stereocenters. The monoisotopic (exact) mass is 864 g/mol. The number of hydrogen-bond acceptors (Lipinski definition) is 9. The zero-order chi connectivity index (χ0) is 43.7. The van der Waals surface area contributed by atoms with Gasteiger partial charge in [0, 0.05) is 29.5 Å². The van der Waals surface area contributed by atoms with Crippen LogP contribution in [0, 0.1) is 16.6 Å². The largest absolute Gasteiger partial charge is 0.453 e. The van der Waals surface area contributed by atoms with E-state index in [0.29, 0.717) is 60.0 Å². The Bertz CT molecular complexity index is 2220. The van der Waals surface area contributed by atoms with Gasteiger partial charge >= 0.3 is 12.2 Å². The van der Waals surface area contributed by atoms with Gasteiger partial charge in [0.2, 0.25) is 11.8 Å². The second-order valence-corrected chi connectivity index (χ2v) is 18.9.